The monoisotopic (exact) mass is 348 g/mol. The van der Waals surface area contributed by atoms with Crippen molar-refractivity contribution >= 4 is 21.9 Å². The molecule has 0 N–H and O–H groups in total. The van der Waals surface area contributed by atoms with Crippen LogP contribution in [0.25, 0.3) is 0 Å². The van der Waals surface area contributed by atoms with Gasteiger partial charge in [-0.1, -0.05) is 76.6 Å². The van der Waals surface area contributed by atoms with Crippen LogP contribution in [-0.2, 0) is 27.5 Å². The molecule has 3 nitrogen and oxygen atoms in total. The normalized spacial score (nSPS) is 11.9. The van der Waals surface area contributed by atoms with Crippen molar-refractivity contribution in [1.82, 2.24) is 0 Å². The Morgan fingerprint density at radius 2 is 1.43 bits per heavy atom. The van der Waals surface area contributed by atoms with Crippen molar-refractivity contribution in [3.63, 3.8) is 0 Å². The summed E-state index contributed by atoms with van der Waals surface area (Å²) in [6.07, 6.45) is 0. The predicted octanol–water partition coefficient (Wildman–Crippen LogP) is 3.71. The first-order chi connectivity index (χ1) is 10.3. The zero-order chi connectivity index (χ0) is 14.9. The molecular formula is C17H17BrO3. The summed E-state index contributed by atoms with van der Waals surface area (Å²) in [5.41, 5.74) is 2.05. The average Bonchev–Trinajstić information content (AvgIpc) is 2.54. The Bertz CT molecular complexity index is 542. The highest BCUT2D eigenvalue weighted by Gasteiger charge is 2.16. The van der Waals surface area contributed by atoms with Crippen molar-refractivity contribution in [1.29, 1.82) is 0 Å². The van der Waals surface area contributed by atoms with Crippen molar-refractivity contribution in [2.45, 2.75) is 18.0 Å². The molecule has 2 rings (SSSR count). The number of rotatable bonds is 7. The smallest absolute Gasteiger partial charge is 0.322 e. The molecule has 0 bridgehead atoms. The first-order valence-electron chi connectivity index (χ1n) is 6.72. The standard InChI is InChI=1S/C17H17BrO3/c18-16(13-20-11-14-7-3-1-4-8-14)17(19)21-12-15-9-5-2-6-10-15/h1-10,16H,11-13H2. The number of alkyl halides is 1. The summed E-state index contributed by atoms with van der Waals surface area (Å²) in [4.78, 5) is 11.4. The number of halogens is 1. The summed E-state index contributed by atoms with van der Waals surface area (Å²) in [6.45, 7) is 1.04. The number of carbonyl (C=O) groups excluding carboxylic acids is 1. The summed E-state index contributed by atoms with van der Waals surface area (Å²) in [7, 11) is 0. The Morgan fingerprint density at radius 1 is 0.905 bits per heavy atom. The topological polar surface area (TPSA) is 35.5 Å². The maximum Gasteiger partial charge on any atom is 0.322 e. The maximum atomic E-state index is 11.8. The summed E-state index contributed by atoms with van der Waals surface area (Å²) < 4.78 is 10.7. The highest BCUT2D eigenvalue weighted by atomic mass is 79.9. The molecule has 0 spiro atoms. The molecule has 110 valence electrons. The Balaban J connectivity index is 1.68. The molecule has 0 amide bonds. The van der Waals surface area contributed by atoms with E-state index in [0.29, 0.717) is 6.61 Å². The van der Waals surface area contributed by atoms with Gasteiger partial charge in [-0.3, -0.25) is 4.79 Å². The van der Waals surface area contributed by atoms with Gasteiger partial charge < -0.3 is 9.47 Å². The van der Waals surface area contributed by atoms with E-state index >= 15 is 0 Å². The second kappa shape index (κ2) is 8.60. The molecule has 0 aliphatic carbocycles. The highest BCUT2D eigenvalue weighted by molar-refractivity contribution is 9.10. The van der Waals surface area contributed by atoms with Crippen LogP contribution in [0.15, 0.2) is 60.7 Å². The minimum absolute atomic E-state index is 0.278. The van der Waals surface area contributed by atoms with E-state index in [2.05, 4.69) is 15.9 Å². The van der Waals surface area contributed by atoms with Crippen molar-refractivity contribution in [3.05, 3.63) is 71.8 Å². The summed E-state index contributed by atoms with van der Waals surface area (Å²) in [5.74, 6) is -0.313. The van der Waals surface area contributed by atoms with Gasteiger partial charge in [0.1, 0.15) is 11.4 Å². The molecule has 2 aromatic carbocycles. The van der Waals surface area contributed by atoms with E-state index in [1.54, 1.807) is 0 Å². The lowest BCUT2D eigenvalue weighted by molar-refractivity contribution is -0.145. The van der Waals surface area contributed by atoms with Gasteiger partial charge in [-0.05, 0) is 11.1 Å². The fourth-order valence-corrected chi connectivity index (χ4v) is 2.06. The van der Waals surface area contributed by atoms with Gasteiger partial charge in [0.2, 0.25) is 0 Å². The van der Waals surface area contributed by atoms with Crippen LogP contribution < -0.4 is 0 Å². The fraction of sp³-hybridized carbons (Fsp3) is 0.235. The molecule has 0 aromatic heterocycles. The minimum atomic E-state index is -0.454. The number of hydrogen-bond acceptors (Lipinski definition) is 3. The molecule has 1 unspecified atom stereocenters. The van der Waals surface area contributed by atoms with Gasteiger partial charge in [-0.2, -0.15) is 0 Å². The van der Waals surface area contributed by atoms with Gasteiger partial charge in [0.25, 0.3) is 0 Å². The molecule has 0 radical (unpaired) electrons. The van der Waals surface area contributed by atoms with E-state index in [1.807, 2.05) is 60.7 Å². The van der Waals surface area contributed by atoms with Gasteiger partial charge in [0, 0.05) is 0 Å². The molecule has 1 atom stereocenters. The number of carbonyl (C=O) groups is 1. The number of benzene rings is 2. The molecule has 0 saturated carbocycles. The van der Waals surface area contributed by atoms with Crippen LogP contribution in [0.4, 0.5) is 0 Å². The lowest BCUT2D eigenvalue weighted by Gasteiger charge is -2.11. The van der Waals surface area contributed by atoms with E-state index in [0.717, 1.165) is 11.1 Å². The van der Waals surface area contributed by atoms with Crippen LogP contribution in [0.3, 0.4) is 0 Å². The molecule has 0 saturated heterocycles. The van der Waals surface area contributed by atoms with Gasteiger partial charge >= 0.3 is 5.97 Å². The van der Waals surface area contributed by atoms with E-state index in [4.69, 9.17) is 9.47 Å². The van der Waals surface area contributed by atoms with Gasteiger partial charge in [-0.25, -0.2) is 0 Å². The first-order valence-corrected chi connectivity index (χ1v) is 7.63. The predicted molar refractivity (Wildman–Crippen MR) is 85.1 cm³/mol. The zero-order valence-electron chi connectivity index (χ0n) is 11.6. The summed E-state index contributed by atoms with van der Waals surface area (Å²) >= 11 is 3.29. The van der Waals surface area contributed by atoms with Crippen molar-refractivity contribution in [3.8, 4) is 0 Å². The summed E-state index contributed by atoms with van der Waals surface area (Å²) in [6, 6.07) is 19.4. The molecule has 0 fully saturated rings. The third kappa shape index (κ3) is 5.69. The van der Waals surface area contributed by atoms with Gasteiger partial charge in [0.05, 0.1) is 13.2 Å². The Labute approximate surface area is 133 Å². The quantitative estimate of drug-likeness (QED) is 0.565. The number of esters is 1. The minimum Gasteiger partial charge on any atom is -0.460 e. The van der Waals surface area contributed by atoms with E-state index in [1.165, 1.54) is 0 Å². The van der Waals surface area contributed by atoms with Crippen LogP contribution in [0, 0.1) is 0 Å². The SMILES string of the molecule is O=C(OCc1ccccc1)C(Br)COCc1ccccc1. The van der Waals surface area contributed by atoms with Crippen LogP contribution in [-0.4, -0.2) is 17.4 Å². The van der Waals surface area contributed by atoms with Gasteiger partial charge in [-0.15, -0.1) is 0 Å². The lowest BCUT2D eigenvalue weighted by atomic mass is 10.2. The molecule has 0 aliphatic heterocycles. The van der Waals surface area contributed by atoms with Gasteiger partial charge in [0.15, 0.2) is 0 Å². The van der Waals surface area contributed by atoms with E-state index in [-0.39, 0.29) is 19.2 Å². The summed E-state index contributed by atoms with van der Waals surface area (Å²) in [5, 5.41) is 0. The van der Waals surface area contributed by atoms with Crippen LogP contribution in [0.1, 0.15) is 11.1 Å². The van der Waals surface area contributed by atoms with E-state index < -0.39 is 4.83 Å². The van der Waals surface area contributed by atoms with E-state index in [9.17, 15) is 4.79 Å². The highest BCUT2D eigenvalue weighted by Crippen LogP contribution is 2.08. The first kappa shape index (κ1) is 15.7. The molecule has 2 aromatic rings. The Kier molecular flexibility index (Phi) is 6.44. The fourth-order valence-electron chi connectivity index (χ4n) is 1.74. The van der Waals surface area contributed by atoms with Crippen molar-refractivity contribution < 1.29 is 14.3 Å². The third-order valence-corrected chi connectivity index (χ3v) is 3.49. The van der Waals surface area contributed by atoms with Crippen LogP contribution >= 0.6 is 15.9 Å². The Morgan fingerprint density at radius 3 is 2.00 bits per heavy atom. The number of hydrogen-bond donors (Lipinski definition) is 0. The largest absolute Gasteiger partial charge is 0.460 e. The van der Waals surface area contributed by atoms with Crippen LogP contribution in [0.5, 0.6) is 0 Å². The van der Waals surface area contributed by atoms with Crippen LogP contribution in [0.2, 0.25) is 0 Å². The molecule has 0 aliphatic rings. The molecule has 0 heterocycles. The molecule has 21 heavy (non-hydrogen) atoms. The number of ether oxygens (including phenoxy) is 2. The van der Waals surface area contributed by atoms with Crippen molar-refractivity contribution in [2.24, 2.45) is 0 Å². The molecular weight excluding hydrogens is 332 g/mol. The Hall–Kier alpha value is -1.65. The maximum absolute atomic E-state index is 11.8. The zero-order valence-corrected chi connectivity index (χ0v) is 13.2. The molecule has 4 heteroatoms. The van der Waals surface area contributed by atoms with Crippen molar-refractivity contribution in [2.75, 3.05) is 6.61 Å². The second-order valence-electron chi connectivity index (χ2n) is 4.56. The second-order valence-corrected chi connectivity index (χ2v) is 5.67. The third-order valence-electron chi connectivity index (χ3n) is 2.86. The lowest BCUT2D eigenvalue weighted by Crippen LogP contribution is -2.22. The average molecular weight is 349 g/mol.